The number of carbonyl (C=O) groups is 1. The van der Waals surface area contributed by atoms with E-state index in [1.54, 1.807) is 0 Å². The Bertz CT molecular complexity index is 1020. The molecule has 0 radical (unpaired) electrons. The second kappa shape index (κ2) is 9.70. The SMILES string of the molecule is O=C(NCCCCCNc1c2c(nc3ccccc13)CCCC2)c1ccc(F)cc1. The van der Waals surface area contributed by atoms with Crippen molar-refractivity contribution in [3.63, 3.8) is 0 Å². The van der Waals surface area contributed by atoms with Crippen molar-refractivity contribution >= 4 is 22.5 Å². The molecule has 4 rings (SSSR count). The van der Waals surface area contributed by atoms with E-state index in [1.807, 2.05) is 0 Å². The maximum absolute atomic E-state index is 12.9. The van der Waals surface area contributed by atoms with Gasteiger partial charge in [-0.05, 0) is 80.8 Å². The van der Waals surface area contributed by atoms with E-state index in [1.165, 1.54) is 59.4 Å². The lowest BCUT2D eigenvalue weighted by Gasteiger charge is -2.21. The lowest BCUT2D eigenvalue weighted by atomic mass is 9.92. The van der Waals surface area contributed by atoms with Gasteiger partial charge in [0.25, 0.3) is 5.91 Å². The number of hydrogen-bond donors (Lipinski definition) is 2. The van der Waals surface area contributed by atoms with Gasteiger partial charge in [-0.1, -0.05) is 18.2 Å². The van der Waals surface area contributed by atoms with Gasteiger partial charge in [-0.25, -0.2) is 4.39 Å². The minimum Gasteiger partial charge on any atom is -0.384 e. The van der Waals surface area contributed by atoms with E-state index in [0.29, 0.717) is 12.1 Å². The van der Waals surface area contributed by atoms with Crippen LogP contribution in [0.25, 0.3) is 10.9 Å². The number of rotatable bonds is 8. The second-order valence-electron chi connectivity index (χ2n) is 7.89. The van der Waals surface area contributed by atoms with E-state index >= 15 is 0 Å². The molecule has 0 atom stereocenters. The van der Waals surface area contributed by atoms with Gasteiger partial charge in [-0.15, -0.1) is 0 Å². The molecule has 4 nitrogen and oxygen atoms in total. The van der Waals surface area contributed by atoms with Gasteiger partial charge in [-0.2, -0.15) is 0 Å². The van der Waals surface area contributed by atoms with Crippen molar-refractivity contribution in [2.24, 2.45) is 0 Å². The third-order valence-electron chi connectivity index (χ3n) is 5.72. The van der Waals surface area contributed by atoms with Gasteiger partial charge in [-0.3, -0.25) is 9.78 Å². The number of halogens is 1. The highest BCUT2D eigenvalue weighted by molar-refractivity contribution is 5.94. The summed E-state index contributed by atoms with van der Waals surface area (Å²) in [5.41, 5.74) is 5.48. The van der Waals surface area contributed by atoms with Gasteiger partial charge >= 0.3 is 0 Å². The van der Waals surface area contributed by atoms with Crippen LogP contribution < -0.4 is 10.6 Å². The predicted octanol–water partition coefficient (Wildman–Crippen LogP) is 5.26. The monoisotopic (exact) mass is 405 g/mol. The van der Waals surface area contributed by atoms with Crippen LogP contribution in [-0.4, -0.2) is 24.0 Å². The Morgan fingerprint density at radius 2 is 1.70 bits per heavy atom. The van der Waals surface area contributed by atoms with Gasteiger partial charge in [0.1, 0.15) is 5.82 Å². The number of amides is 1. The molecule has 0 aliphatic heterocycles. The zero-order valence-corrected chi connectivity index (χ0v) is 17.2. The Hall–Kier alpha value is -2.95. The second-order valence-corrected chi connectivity index (χ2v) is 7.89. The average molecular weight is 406 g/mol. The van der Waals surface area contributed by atoms with Crippen LogP contribution in [0.3, 0.4) is 0 Å². The summed E-state index contributed by atoms with van der Waals surface area (Å²) in [6.07, 6.45) is 7.62. The topological polar surface area (TPSA) is 54.0 Å². The number of aryl methyl sites for hydroxylation is 1. The zero-order chi connectivity index (χ0) is 20.8. The number of pyridine rings is 1. The van der Waals surface area contributed by atoms with Gasteiger partial charge in [0.15, 0.2) is 0 Å². The fourth-order valence-corrected chi connectivity index (χ4v) is 4.12. The first kappa shape index (κ1) is 20.3. The molecule has 1 aromatic heterocycles. The third kappa shape index (κ3) is 4.78. The van der Waals surface area contributed by atoms with Gasteiger partial charge in [0.05, 0.1) is 5.52 Å². The number of para-hydroxylation sites is 1. The molecule has 0 saturated carbocycles. The van der Waals surface area contributed by atoms with E-state index in [0.717, 1.165) is 44.2 Å². The van der Waals surface area contributed by atoms with Crippen molar-refractivity contribution in [2.75, 3.05) is 18.4 Å². The van der Waals surface area contributed by atoms with E-state index in [9.17, 15) is 9.18 Å². The largest absolute Gasteiger partial charge is 0.384 e. The molecule has 0 fully saturated rings. The summed E-state index contributed by atoms with van der Waals surface area (Å²) in [7, 11) is 0. The van der Waals surface area contributed by atoms with Crippen LogP contribution in [-0.2, 0) is 12.8 Å². The first-order chi connectivity index (χ1) is 14.7. The fraction of sp³-hybridized carbons (Fsp3) is 0.360. The van der Waals surface area contributed by atoms with Gasteiger partial charge < -0.3 is 10.6 Å². The summed E-state index contributed by atoms with van der Waals surface area (Å²) in [6, 6.07) is 14.0. The summed E-state index contributed by atoms with van der Waals surface area (Å²) >= 11 is 0. The van der Waals surface area contributed by atoms with Crippen molar-refractivity contribution in [1.82, 2.24) is 10.3 Å². The minimum absolute atomic E-state index is 0.150. The van der Waals surface area contributed by atoms with Crippen molar-refractivity contribution in [3.05, 3.63) is 71.2 Å². The molecule has 1 amide bonds. The molecular formula is C25H28FN3O. The lowest BCUT2D eigenvalue weighted by Crippen LogP contribution is -2.24. The van der Waals surface area contributed by atoms with E-state index in [4.69, 9.17) is 4.98 Å². The summed E-state index contributed by atoms with van der Waals surface area (Å²) in [5.74, 6) is -0.481. The number of fused-ring (bicyclic) bond motifs is 2. The van der Waals surface area contributed by atoms with Gasteiger partial charge in [0.2, 0.25) is 0 Å². The average Bonchev–Trinajstić information content (AvgIpc) is 2.78. The van der Waals surface area contributed by atoms with E-state index < -0.39 is 0 Å². The standard InChI is InChI=1S/C25H28FN3O/c26-19-14-12-18(13-15-19)25(30)28-17-7-1-6-16-27-24-20-8-2-4-10-22(20)29-23-11-5-3-9-21(23)24/h2,4,8,10,12-15H,1,3,5-7,9,11,16-17H2,(H,27,29)(H,28,30). The van der Waals surface area contributed by atoms with E-state index in [2.05, 4.69) is 34.9 Å². The molecule has 30 heavy (non-hydrogen) atoms. The normalized spacial score (nSPS) is 13.1. The first-order valence-corrected chi connectivity index (χ1v) is 10.9. The molecule has 5 heteroatoms. The van der Waals surface area contributed by atoms with Crippen LogP contribution in [0.2, 0.25) is 0 Å². The number of hydrogen-bond acceptors (Lipinski definition) is 3. The molecule has 1 aliphatic rings. The van der Waals surface area contributed by atoms with Crippen molar-refractivity contribution in [1.29, 1.82) is 0 Å². The molecule has 0 saturated heterocycles. The number of aromatic nitrogens is 1. The molecular weight excluding hydrogens is 377 g/mol. The summed E-state index contributed by atoms with van der Waals surface area (Å²) < 4.78 is 12.9. The molecule has 3 aromatic rings. The van der Waals surface area contributed by atoms with Gasteiger partial charge in [0, 0.05) is 35.4 Å². The van der Waals surface area contributed by atoms with Crippen LogP contribution in [0.15, 0.2) is 48.5 Å². The minimum atomic E-state index is -0.331. The quantitative estimate of drug-likeness (QED) is 0.502. The molecule has 0 spiro atoms. The smallest absolute Gasteiger partial charge is 0.251 e. The molecule has 156 valence electrons. The Kier molecular flexibility index (Phi) is 6.57. The molecule has 0 bridgehead atoms. The zero-order valence-electron chi connectivity index (χ0n) is 17.2. The predicted molar refractivity (Wildman–Crippen MR) is 119 cm³/mol. The number of unbranched alkanes of at least 4 members (excludes halogenated alkanes) is 2. The van der Waals surface area contributed by atoms with Crippen LogP contribution in [0.1, 0.15) is 53.7 Å². The molecule has 2 aromatic carbocycles. The number of nitrogens with one attached hydrogen (secondary N) is 2. The van der Waals surface area contributed by atoms with Crippen molar-refractivity contribution in [2.45, 2.75) is 44.9 Å². The summed E-state index contributed by atoms with van der Waals surface area (Å²) in [6.45, 7) is 1.54. The number of benzene rings is 2. The van der Waals surface area contributed by atoms with Crippen LogP contribution in [0, 0.1) is 5.82 Å². The molecule has 1 heterocycles. The summed E-state index contributed by atoms with van der Waals surface area (Å²) in [4.78, 5) is 16.9. The number of anilines is 1. The maximum Gasteiger partial charge on any atom is 0.251 e. The summed E-state index contributed by atoms with van der Waals surface area (Å²) in [5, 5.41) is 7.80. The van der Waals surface area contributed by atoms with E-state index in [-0.39, 0.29) is 11.7 Å². The first-order valence-electron chi connectivity index (χ1n) is 10.9. The van der Waals surface area contributed by atoms with Crippen molar-refractivity contribution in [3.8, 4) is 0 Å². The highest BCUT2D eigenvalue weighted by Crippen LogP contribution is 2.33. The molecule has 0 unspecified atom stereocenters. The van der Waals surface area contributed by atoms with Crippen molar-refractivity contribution < 1.29 is 9.18 Å². The Balaban J connectivity index is 1.25. The highest BCUT2D eigenvalue weighted by atomic mass is 19.1. The fourth-order valence-electron chi connectivity index (χ4n) is 4.12. The molecule has 2 N–H and O–H groups in total. The number of nitrogens with zero attached hydrogens (tertiary/aromatic N) is 1. The Labute approximate surface area is 176 Å². The van der Waals surface area contributed by atoms with Crippen LogP contribution in [0.4, 0.5) is 10.1 Å². The number of carbonyl (C=O) groups excluding carboxylic acids is 1. The Morgan fingerprint density at radius 1 is 0.933 bits per heavy atom. The molecule has 1 aliphatic carbocycles. The third-order valence-corrected chi connectivity index (χ3v) is 5.72. The Morgan fingerprint density at radius 3 is 2.57 bits per heavy atom. The lowest BCUT2D eigenvalue weighted by molar-refractivity contribution is 0.0953. The maximum atomic E-state index is 12.9. The highest BCUT2D eigenvalue weighted by Gasteiger charge is 2.17. The van der Waals surface area contributed by atoms with Crippen LogP contribution in [0.5, 0.6) is 0 Å². The van der Waals surface area contributed by atoms with Crippen LogP contribution >= 0.6 is 0 Å².